The van der Waals surface area contributed by atoms with Gasteiger partial charge in [0, 0.05) is 18.4 Å². The minimum Gasteiger partial charge on any atom is -0.400 e. The van der Waals surface area contributed by atoms with E-state index in [1.54, 1.807) is 6.92 Å². The Balaban J connectivity index is 2.50. The highest BCUT2D eigenvalue weighted by atomic mass is 16.7. The summed E-state index contributed by atoms with van der Waals surface area (Å²) in [6.45, 7) is 5.39. The van der Waals surface area contributed by atoms with Crippen LogP contribution in [0.2, 0.25) is 0 Å². The SMILES string of the molecule is CC(OC1CCCCO1)C(=O)/C=C(\N)C(C)(C)O. The van der Waals surface area contributed by atoms with Crippen molar-refractivity contribution >= 4 is 5.78 Å². The molecule has 2 unspecified atom stereocenters. The van der Waals surface area contributed by atoms with Crippen LogP contribution < -0.4 is 5.73 Å². The van der Waals surface area contributed by atoms with Crippen molar-refractivity contribution in [3.8, 4) is 0 Å². The van der Waals surface area contributed by atoms with Gasteiger partial charge in [0.15, 0.2) is 12.1 Å². The molecule has 5 nitrogen and oxygen atoms in total. The zero-order valence-corrected chi connectivity index (χ0v) is 11.3. The molecule has 1 aliphatic heterocycles. The average Bonchev–Trinajstić information content (AvgIpc) is 2.28. The third kappa shape index (κ3) is 4.76. The predicted molar refractivity (Wildman–Crippen MR) is 67.7 cm³/mol. The Morgan fingerprint density at radius 1 is 1.56 bits per heavy atom. The largest absolute Gasteiger partial charge is 0.400 e. The van der Waals surface area contributed by atoms with Crippen LogP contribution in [-0.4, -0.2) is 35.5 Å². The van der Waals surface area contributed by atoms with E-state index in [0.717, 1.165) is 19.3 Å². The van der Waals surface area contributed by atoms with E-state index in [9.17, 15) is 9.90 Å². The zero-order chi connectivity index (χ0) is 13.8. The van der Waals surface area contributed by atoms with Gasteiger partial charge in [-0.05, 0) is 40.0 Å². The lowest BCUT2D eigenvalue weighted by Gasteiger charge is -2.25. The monoisotopic (exact) mass is 257 g/mol. The van der Waals surface area contributed by atoms with Crippen LogP contribution in [0.4, 0.5) is 0 Å². The molecular formula is C13H23NO4. The number of ether oxygens (including phenoxy) is 2. The molecule has 0 aliphatic carbocycles. The van der Waals surface area contributed by atoms with E-state index in [1.807, 2.05) is 0 Å². The van der Waals surface area contributed by atoms with E-state index < -0.39 is 11.7 Å². The standard InChI is InChI=1S/C13H23NO4/c1-9(18-12-6-4-5-7-17-12)10(15)8-11(14)13(2,3)16/h8-9,12,16H,4-7,14H2,1-3H3/b11-8-. The number of ketones is 1. The van der Waals surface area contributed by atoms with Crippen molar-refractivity contribution in [2.24, 2.45) is 5.73 Å². The van der Waals surface area contributed by atoms with Gasteiger partial charge in [-0.3, -0.25) is 4.79 Å². The number of hydrogen-bond donors (Lipinski definition) is 2. The molecule has 18 heavy (non-hydrogen) atoms. The maximum absolute atomic E-state index is 11.8. The Hall–Kier alpha value is -0.910. The molecule has 0 spiro atoms. The molecule has 1 aliphatic rings. The van der Waals surface area contributed by atoms with Gasteiger partial charge in [0.05, 0.1) is 5.60 Å². The van der Waals surface area contributed by atoms with Gasteiger partial charge in [-0.2, -0.15) is 0 Å². The van der Waals surface area contributed by atoms with Gasteiger partial charge in [0.25, 0.3) is 0 Å². The molecule has 0 bridgehead atoms. The van der Waals surface area contributed by atoms with E-state index in [4.69, 9.17) is 15.2 Å². The van der Waals surface area contributed by atoms with Crippen molar-refractivity contribution in [3.05, 3.63) is 11.8 Å². The molecule has 0 amide bonds. The molecule has 0 radical (unpaired) electrons. The number of carbonyl (C=O) groups is 1. The Bertz CT molecular complexity index is 313. The lowest BCUT2D eigenvalue weighted by atomic mass is 10.0. The van der Waals surface area contributed by atoms with E-state index in [0.29, 0.717) is 6.61 Å². The molecule has 0 aromatic carbocycles. The van der Waals surface area contributed by atoms with Gasteiger partial charge in [0.1, 0.15) is 6.10 Å². The molecule has 3 N–H and O–H groups in total. The number of nitrogens with two attached hydrogens (primary N) is 1. The fourth-order valence-electron chi connectivity index (χ4n) is 1.56. The molecule has 0 aromatic heterocycles. The first-order valence-electron chi connectivity index (χ1n) is 6.31. The average molecular weight is 257 g/mol. The van der Waals surface area contributed by atoms with Gasteiger partial charge in [-0.1, -0.05) is 0 Å². The Labute approximate surface area is 108 Å². The lowest BCUT2D eigenvalue weighted by Crippen LogP contribution is -2.33. The molecule has 0 saturated carbocycles. The van der Waals surface area contributed by atoms with E-state index in [2.05, 4.69) is 0 Å². The number of hydrogen-bond acceptors (Lipinski definition) is 5. The number of aliphatic hydroxyl groups is 1. The van der Waals surface area contributed by atoms with Gasteiger partial charge in [0.2, 0.25) is 0 Å². The lowest BCUT2D eigenvalue weighted by molar-refractivity contribution is -0.186. The zero-order valence-electron chi connectivity index (χ0n) is 11.3. The van der Waals surface area contributed by atoms with Gasteiger partial charge in [-0.15, -0.1) is 0 Å². The van der Waals surface area contributed by atoms with Crippen molar-refractivity contribution < 1.29 is 19.4 Å². The molecule has 1 heterocycles. The second kappa shape index (κ2) is 6.31. The molecule has 1 rings (SSSR count). The smallest absolute Gasteiger partial charge is 0.186 e. The topological polar surface area (TPSA) is 81.8 Å². The van der Waals surface area contributed by atoms with Crippen molar-refractivity contribution in [2.75, 3.05) is 6.61 Å². The summed E-state index contributed by atoms with van der Waals surface area (Å²) < 4.78 is 10.9. The summed E-state index contributed by atoms with van der Waals surface area (Å²) in [7, 11) is 0. The molecule has 104 valence electrons. The summed E-state index contributed by atoms with van der Waals surface area (Å²) in [6.07, 6.45) is 3.19. The highest BCUT2D eigenvalue weighted by Crippen LogP contribution is 2.16. The Morgan fingerprint density at radius 3 is 2.72 bits per heavy atom. The highest BCUT2D eigenvalue weighted by Gasteiger charge is 2.23. The summed E-state index contributed by atoms with van der Waals surface area (Å²) in [5.41, 5.74) is 4.56. The third-order valence-corrected chi connectivity index (χ3v) is 2.90. The summed E-state index contributed by atoms with van der Waals surface area (Å²) in [5.74, 6) is -0.260. The predicted octanol–water partition coefficient (Wildman–Crippen LogP) is 1.10. The Kier molecular flexibility index (Phi) is 5.31. The normalized spacial score (nSPS) is 23.8. The Morgan fingerprint density at radius 2 is 2.22 bits per heavy atom. The second-order valence-corrected chi connectivity index (χ2v) is 5.14. The highest BCUT2D eigenvalue weighted by molar-refractivity contribution is 5.93. The molecule has 2 atom stereocenters. The molecule has 1 saturated heterocycles. The molecular weight excluding hydrogens is 234 g/mol. The summed E-state index contributed by atoms with van der Waals surface area (Å²) in [5, 5.41) is 9.63. The van der Waals surface area contributed by atoms with Crippen LogP contribution in [-0.2, 0) is 14.3 Å². The quantitative estimate of drug-likeness (QED) is 0.721. The third-order valence-electron chi connectivity index (χ3n) is 2.90. The van der Waals surface area contributed by atoms with Crippen LogP contribution >= 0.6 is 0 Å². The van der Waals surface area contributed by atoms with Gasteiger partial charge < -0.3 is 20.3 Å². The van der Waals surface area contributed by atoms with Crippen molar-refractivity contribution in [1.82, 2.24) is 0 Å². The van der Waals surface area contributed by atoms with Gasteiger partial charge in [-0.25, -0.2) is 0 Å². The number of rotatable bonds is 5. The van der Waals surface area contributed by atoms with Crippen LogP contribution in [0.1, 0.15) is 40.0 Å². The minimum absolute atomic E-state index is 0.132. The second-order valence-electron chi connectivity index (χ2n) is 5.14. The first kappa shape index (κ1) is 15.1. The minimum atomic E-state index is -1.20. The summed E-state index contributed by atoms with van der Waals surface area (Å²) in [4.78, 5) is 11.8. The first-order valence-corrected chi connectivity index (χ1v) is 6.31. The van der Waals surface area contributed by atoms with E-state index in [1.165, 1.54) is 19.9 Å². The molecule has 1 fully saturated rings. The van der Waals surface area contributed by atoms with Crippen LogP contribution in [0.15, 0.2) is 11.8 Å². The van der Waals surface area contributed by atoms with Crippen molar-refractivity contribution in [3.63, 3.8) is 0 Å². The first-order chi connectivity index (χ1) is 8.30. The van der Waals surface area contributed by atoms with Crippen molar-refractivity contribution in [1.29, 1.82) is 0 Å². The van der Waals surface area contributed by atoms with E-state index in [-0.39, 0.29) is 17.8 Å². The fourth-order valence-corrected chi connectivity index (χ4v) is 1.56. The summed E-state index contributed by atoms with van der Waals surface area (Å²) >= 11 is 0. The molecule has 5 heteroatoms. The maximum atomic E-state index is 11.8. The fraction of sp³-hybridized carbons (Fsp3) is 0.769. The molecule has 0 aromatic rings. The van der Waals surface area contributed by atoms with E-state index >= 15 is 0 Å². The number of carbonyl (C=O) groups excluding carboxylic acids is 1. The van der Waals surface area contributed by atoms with Crippen LogP contribution in [0, 0.1) is 0 Å². The maximum Gasteiger partial charge on any atom is 0.186 e. The van der Waals surface area contributed by atoms with Gasteiger partial charge >= 0.3 is 0 Å². The van der Waals surface area contributed by atoms with Crippen LogP contribution in [0.3, 0.4) is 0 Å². The summed E-state index contributed by atoms with van der Waals surface area (Å²) in [6, 6.07) is 0. The van der Waals surface area contributed by atoms with Crippen LogP contribution in [0.5, 0.6) is 0 Å². The van der Waals surface area contributed by atoms with Crippen LogP contribution in [0.25, 0.3) is 0 Å². The van der Waals surface area contributed by atoms with Crippen molar-refractivity contribution in [2.45, 2.75) is 58.0 Å².